The van der Waals surface area contributed by atoms with Crippen molar-refractivity contribution in [1.29, 1.82) is 0 Å². The SMILES string of the molecule is CN(C(=S)Oc1ccc(C(=O)Nc2ccc3nc4c(nc3c2)CCCC4)cc1)c1ccccc1. The van der Waals surface area contributed by atoms with Crippen molar-refractivity contribution in [3.8, 4) is 5.75 Å². The molecule has 0 bridgehead atoms. The van der Waals surface area contributed by atoms with Gasteiger partial charge in [0.05, 0.1) is 22.4 Å². The van der Waals surface area contributed by atoms with Crippen molar-refractivity contribution in [2.45, 2.75) is 25.7 Å². The standard InChI is InChI=1S/C27H24N4O2S/c1-31(20-7-3-2-4-8-20)27(34)33-21-14-11-18(12-15-21)26(32)28-19-13-16-24-25(17-19)30-23-10-6-5-9-22(23)29-24/h2-4,7-8,11-17H,5-6,9-10H2,1H3,(H,28,32). The van der Waals surface area contributed by atoms with E-state index in [2.05, 4.69) is 5.32 Å². The zero-order valence-electron chi connectivity index (χ0n) is 18.8. The second-order valence-corrected chi connectivity index (χ2v) is 8.62. The first-order valence-corrected chi connectivity index (χ1v) is 11.7. The van der Waals surface area contributed by atoms with E-state index in [9.17, 15) is 4.79 Å². The number of fused-ring (bicyclic) bond motifs is 2. The lowest BCUT2D eigenvalue weighted by Crippen LogP contribution is -2.29. The van der Waals surface area contributed by atoms with Crippen molar-refractivity contribution in [1.82, 2.24) is 9.97 Å². The third-order valence-electron chi connectivity index (χ3n) is 5.89. The maximum absolute atomic E-state index is 12.8. The normalized spacial score (nSPS) is 12.6. The molecule has 0 radical (unpaired) electrons. The summed E-state index contributed by atoms with van der Waals surface area (Å²) in [6.07, 6.45) is 4.27. The molecule has 6 nitrogen and oxygen atoms in total. The Morgan fingerprint density at radius 2 is 1.59 bits per heavy atom. The molecule has 1 amide bonds. The Bertz CT molecular complexity index is 1360. The van der Waals surface area contributed by atoms with E-state index in [1.54, 1.807) is 29.2 Å². The summed E-state index contributed by atoms with van der Waals surface area (Å²) < 4.78 is 5.79. The van der Waals surface area contributed by atoms with E-state index in [0.717, 1.165) is 47.4 Å². The van der Waals surface area contributed by atoms with Crippen LogP contribution in [0.5, 0.6) is 5.75 Å². The summed E-state index contributed by atoms with van der Waals surface area (Å²) in [6, 6.07) is 22.3. The van der Waals surface area contributed by atoms with E-state index in [0.29, 0.717) is 22.2 Å². The zero-order valence-corrected chi connectivity index (χ0v) is 19.6. The summed E-state index contributed by atoms with van der Waals surface area (Å²) in [5.74, 6) is 0.357. The molecule has 7 heteroatoms. The molecule has 1 N–H and O–H groups in total. The second-order valence-electron chi connectivity index (χ2n) is 8.27. The van der Waals surface area contributed by atoms with Gasteiger partial charge in [-0.3, -0.25) is 4.79 Å². The number of nitrogens with zero attached hydrogens (tertiary/aromatic N) is 3. The lowest BCUT2D eigenvalue weighted by molar-refractivity contribution is 0.102. The van der Waals surface area contributed by atoms with Gasteiger partial charge in [-0.25, -0.2) is 9.97 Å². The summed E-state index contributed by atoms with van der Waals surface area (Å²) in [4.78, 5) is 24.1. The average molecular weight is 469 g/mol. The Hall–Kier alpha value is -3.84. The van der Waals surface area contributed by atoms with Gasteiger partial charge in [-0.2, -0.15) is 0 Å². The Balaban J connectivity index is 1.25. The Labute approximate surface area is 203 Å². The maximum atomic E-state index is 12.8. The minimum atomic E-state index is -0.208. The van der Waals surface area contributed by atoms with Crippen molar-refractivity contribution in [3.05, 3.63) is 89.7 Å². The number of anilines is 2. The Kier molecular flexibility index (Phi) is 6.18. The summed E-state index contributed by atoms with van der Waals surface area (Å²) >= 11 is 5.40. The fourth-order valence-corrected chi connectivity index (χ4v) is 4.20. The number of para-hydroxylation sites is 1. The van der Waals surface area contributed by atoms with Gasteiger partial charge in [0.15, 0.2) is 0 Å². The van der Waals surface area contributed by atoms with Gasteiger partial charge < -0.3 is 15.0 Å². The van der Waals surface area contributed by atoms with Crippen molar-refractivity contribution >= 4 is 45.7 Å². The molecule has 0 atom stereocenters. The summed E-state index contributed by atoms with van der Waals surface area (Å²) in [5.41, 5.74) is 5.99. The number of carbonyl (C=O) groups excluding carboxylic acids is 1. The van der Waals surface area contributed by atoms with Crippen LogP contribution in [0.2, 0.25) is 0 Å². The molecule has 170 valence electrons. The fraction of sp³-hybridized carbons (Fsp3) is 0.185. The van der Waals surface area contributed by atoms with Gasteiger partial charge in [0.2, 0.25) is 0 Å². The average Bonchev–Trinajstić information content (AvgIpc) is 2.88. The van der Waals surface area contributed by atoms with Crippen LogP contribution in [0.25, 0.3) is 11.0 Å². The van der Waals surface area contributed by atoms with E-state index >= 15 is 0 Å². The molecule has 4 aromatic rings. The topological polar surface area (TPSA) is 67.3 Å². The highest BCUT2D eigenvalue weighted by molar-refractivity contribution is 7.80. The maximum Gasteiger partial charge on any atom is 0.269 e. The monoisotopic (exact) mass is 468 g/mol. The Morgan fingerprint density at radius 1 is 0.912 bits per heavy atom. The molecule has 1 aromatic heterocycles. The molecule has 0 unspecified atom stereocenters. The summed E-state index contributed by atoms with van der Waals surface area (Å²) in [7, 11) is 1.85. The number of hydrogen-bond donors (Lipinski definition) is 1. The van der Waals surface area contributed by atoms with Crippen LogP contribution in [0.1, 0.15) is 34.6 Å². The number of aromatic nitrogens is 2. The largest absolute Gasteiger partial charge is 0.432 e. The molecule has 0 saturated carbocycles. The number of carbonyl (C=O) groups is 1. The fourth-order valence-electron chi connectivity index (χ4n) is 3.99. The number of amides is 1. The quantitative estimate of drug-likeness (QED) is 0.396. The van der Waals surface area contributed by atoms with E-state index in [1.165, 1.54) is 6.42 Å². The van der Waals surface area contributed by atoms with Gasteiger partial charge in [-0.15, -0.1) is 0 Å². The molecular formula is C27H24N4O2S. The first-order valence-electron chi connectivity index (χ1n) is 11.3. The molecule has 0 saturated heterocycles. The van der Waals surface area contributed by atoms with Gasteiger partial charge in [0.25, 0.3) is 11.1 Å². The van der Waals surface area contributed by atoms with E-state index in [4.69, 9.17) is 26.9 Å². The summed E-state index contributed by atoms with van der Waals surface area (Å²) in [5, 5.41) is 3.27. The lowest BCUT2D eigenvalue weighted by atomic mass is 10.0. The second kappa shape index (κ2) is 9.57. The number of aryl methyl sites for hydroxylation is 2. The van der Waals surface area contributed by atoms with Crippen LogP contribution >= 0.6 is 12.2 Å². The number of hydrogen-bond acceptors (Lipinski definition) is 5. The Morgan fingerprint density at radius 3 is 2.29 bits per heavy atom. The molecule has 1 aliphatic carbocycles. The molecule has 0 aliphatic heterocycles. The van der Waals surface area contributed by atoms with Gasteiger partial charge in [0, 0.05) is 24.0 Å². The minimum absolute atomic E-state index is 0.208. The smallest absolute Gasteiger partial charge is 0.269 e. The highest BCUT2D eigenvalue weighted by atomic mass is 32.1. The van der Waals surface area contributed by atoms with E-state index in [-0.39, 0.29) is 5.91 Å². The van der Waals surface area contributed by atoms with Crippen LogP contribution in [0.3, 0.4) is 0 Å². The molecule has 3 aromatic carbocycles. The van der Waals surface area contributed by atoms with Gasteiger partial charge >= 0.3 is 0 Å². The number of benzene rings is 3. The van der Waals surface area contributed by atoms with Crippen molar-refractivity contribution in [3.63, 3.8) is 0 Å². The predicted octanol–water partition coefficient (Wildman–Crippen LogP) is 5.56. The van der Waals surface area contributed by atoms with E-state index < -0.39 is 0 Å². The number of ether oxygens (including phenoxy) is 1. The van der Waals surface area contributed by atoms with Crippen molar-refractivity contribution < 1.29 is 9.53 Å². The minimum Gasteiger partial charge on any atom is -0.432 e. The number of nitrogens with one attached hydrogen (secondary N) is 1. The molecule has 5 rings (SSSR count). The zero-order chi connectivity index (χ0) is 23.5. The third kappa shape index (κ3) is 4.75. The lowest BCUT2D eigenvalue weighted by Gasteiger charge is -2.19. The predicted molar refractivity (Wildman–Crippen MR) is 139 cm³/mol. The molecular weight excluding hydrogens is 444 g/mol. The third-order valence-corrected chi connectivity index (χ3v) is 6.25. The number of thiocarbonyl (C=S) groups is 1. The first-order chi connectivity index (χ1) is 16.6. The van der Waals surface area contributed by atoms with Crippen LogP contribution in [-0.2, 0) is 12.8 Å². The van der Waals surface area contributed by atoms with Crippen LogP contribution in [-0.4, -0.2) is 28.1 Å². The van der Waals surface area contributed by atoms with Crippen LogP contribution < -0.4 is 15.0 Å². The molecule has 0 fully saturated rings. The summed E-state index contributed by atoms with van der Waals surface area (Å²) in [6.45, 7) is 0. The van der Waals surface area contributed by atoms with Gasteiger partial charge in [0.1, 0.15) is 5.75 Å². The van der Waals surface area contributed by atoms with Crippen molar-refractivity contribution in [2.24, 2.45) is 0 Å². The van der Waals surface area contributed by atoms with Crippen LogP contribution in [0.15, 0.2) is 72.8 Å². The number of rotatable bonds is 4. The van der Waals surface area contributed by atoms with Gasteiger partial charge in [-0.1, -0.05) is 18.2 Å². The molecule has 1 aliphatic rings. The van der Waals surface area contributed by atoms with Crippen molar-refractivity contribution in [2.75, 3.05) is 17.3 Å². The van der Waals surface area contributed by atoms with Crippen LogP contribution in [0.4, 0.5) is 11.4 Å². The van der Waals surface area contributed by atoms with E-state index in [1.807, 2.05) is 55.6 Å². The van der Waals surface area contributed by atoms with Crippen LogP contribution in [0, 0.1) is 0 Å². The highest BCUT2D eigenvalue weighted by Crippen LogP contribution is 2.24. The first kappa shape index (κ1) is 22.0. The molecule has 1 heterocycles. The molecule has 34 heavy (non-hydrogen) atoms. The molecule has 0 spiro atoms. The van der Waals surface area contributed by atoms with Gasteiger partial charge in [-0.05, 0) is 92.5 Å². The highest BCUT2D eigenvalue weighted by Gasteiger charge is 2.15.